The zero-order valence-corrected chi connectivity index (χ0v) is 25.8. The topological polar surface area (TPSA) is 76.4 Å². The lowest BCUT2D eigenvalue weighted by Crippen LogP contribution is -2.33. The van der Waals surface area contributed by atoms with Crippen molar-refractivity contribution in [1.82, 2.24) is 24.6 Å². The number of ether oxygens (including phenoxy) is 1. The molecule has 1 atom stereocenters. The number of para-hydroxylation sites is 1. The maximum absolute atomic E-state index is 14.5. The number of methoxy groups -OCH3 is 1. The summed E-state index contributed by atoms with van der Waals surface area (Å²) >= 11 is 0. The summed E-state index contributed by atoms with van der Waals surface area (Å²) in [6, 6.07) is 14.0. The van der Waals surface area contributed by atoms with Crippen LogP contribution in [-0.2, 0) is 26.6 Å². The lowest BCUT2D eigenvalue weighted by atomic mass is 9.85. The monoisotopic (exact) mass is 576 g/mol. The molecule has 2 aliphatic rings. The van der Waals surface area contributed by atoms with Crippen LogP contribution in [0.15, 0.2) is 77.8 Å². The first-order valence-electron chi connectivity index (χ1n) is 15.2. The molecule has 222 valence electrons. The molecule has 2 aromatic carbocycles. The average Bonchev–Trinajstić information content (AvgIpc) is 3.38. The van der Waals surface area contributed by atoms with Crippen LogP contribution in [0, 0.1) is 5.92 Å². The average molecular weight is 577 g/mol. The van der Waals surface area contributed by atoms with E-state index in [0.29, 0.717) is 23.7 Å². The molecular weight excluding hydrogens is 536 g/mol. The summed E-state index contributed by atoms with van der Waals surface area (Å²) < 4.78 is 7.35. The first-order chi connectivity index (χ1) is 20.8. The quantitative estimate of drug-likeness (QED) is 0.246. The van der Waals surface area contributed by atoms with Gasteiger partial charge in [-0.15, -0.1) is 0 Å². The summed E-state index contributed by atoms with van der Waals surface area (Å²) in [5, 5.41) is 5.31. The smallest absolute Gasteiger partial charge is 0.258 e. The van der Waals surface area contributed by atoms with Crippen LogP contribution in [-0.4, -0.2) is 44.7 Å². The van der Waals surface area contributed by atoms with E-state index in [1.807, 2.05) is 66.4 Å². The van der Waals surface area contributed by atoms with Crippen molar-refractivity contribution in [3.8, 4) is 5.75 Å². The van der Waals surface area contributed by atoms with Gasteiger partial charge in [-0.2, -0.15) is 5.10 Å². The number of allylic oxidation sites excluding steroid dienone is 4. The Morgan fingerprint density at radius 1 is 1.14 bits per heavy atom. The molecule has 1 aliphatic heterocycles. The molecule has 1 amide bonds. The molecule has 0 spiro atoms. The second-order valence-corrected chi connectivity index (χ2v) is 11.8. The first-order valence-corrected chi connectivity index (χ1v) is 15.2. The molecule has 43 heavy (non-hydrogen) atoms. The van der Waals surface area contributed by atoms with E-state index in [2.05, 4.69) is 42.1 Å². The van der Waals surface area contributed by atoms with Crippen molar-refractivity contribution in [2.75, 3.05) is 19.1 Å². The van der Waals surface area contributed by atoms with Crippen molar-refractivity contribution in [3.63, 3.8) is 0 Å². The van der Waals surface area contributed by atoms with Gasteiger partial charge in [-0.05, 0) is 74.9 Å². The Morgan fingerprint density at radius 3 is 2.74 bits per heavy atom. The lowest BCUT2D eigenvalue weighted by molar-refractivity contribution is 0.0780. The number of anilines is 1. The largest absolute Gasteiger partial charge is 0.497 e. The number of fused-ring (bicyclic) bond motifs is 3. The van der Waals surface area contributed by atoms with E-state index in [-0.39, 0.29) is 18.4 Å². The minimum Gasteiger partial charge on any atom is -0.497 e. The molecule has 3 heterocycles. The maximum atomic E-state index is 14.5. The van der Waals surface area contributed by atoms with E-state index >= 15 is 0 Å². The normalized spacial score (nSPS) is 17.1. The van der Waals surface area contributed by atoms with Gasteiger partial charge < -0.3 is 14.5 Å². The lowest BCUT2D eigenvalue weighted by Gasteiger charge is -2.30. The van der Waals surface area contributed by atoms with Gasteiger partial charge >= 0.3 is 0 Å². The first kappa shape index (κ1) is 28.6. The Balaban J connectivity index is 1.46. The molecule has 2 aromatic heterocycles. The standard InChI is InChI=1S/C35H40N6O2/c1-6-25-10-9-11-27-17-26-14-15-28(43-5)18-30(26)35(42)41(32(27)16-23(25)2)22-33-37-31-13-8-7-12-29(31)34(38-33)39(3)20-24-19-36-40(4)21-24/h7-8,12-16,18-19,21,27H,6,9-11,17,20,22H2,1-5H3. The van der Waals surface area contributed by atoms with Gasteiger partial charge in [-0.3, -0.25) is 9.48 Å². The number of carbonyl (C=O) groups is 1. The Morgan fingerprint density at radius 2 is 1.98 bits per heavy atom. The molecular formula is C35H40N6O2. The summed E-state index contributed by atoms with van der Waals surface area (Å²) in [6.07, 6.45) is 11.2. The zero-order valence-electron chi connectivity index (χ0n) is 25.8. The van der Waals surface area contributed by atoms with E-state index in [1.54, 1.807) is 7.11 Å². The van der Waals surface area contributed by atoms with Gasteiger partial charge in [0.1, 0.15) is 11.6 Å². The van der Waals surface area contributed by atoms with Crippen LogP contribution in [0.3, 0.4) is 0 Å². The van der Waals surface area contributed by atoms with Crippen molar-refractivity contribution in [2.24, 2.45) is 13.0 Å². The Bertz CT molecular complexity index is 1740. The third-order valence-electron chi connectivity index (χ3n) is 8.84. The van der Waals surface area contributed by atoms with Crippen molar-refractivity contribution < 1.29 is 9.53 Å². The number of hydrogen-bond acceptors (Lipinski definition) is 6. The molecule has 6 rings (SSSR count). The van der Waals surface area contributed by atoms with Crippen molar-refractivity contribution in [3.05, 3.63) is 100 Å². The molecule has 0 bridgehead atoms. The fourth-order valence-electron chi connectivity index (χ4n) is 6.57. The Labute approximate surface area is 253 Å². The number of carbonyl (C=O) groups excluding carboxylic acids is 1. The molecule has 1 aliphatic carbocycles. The van der Waals surface area contributed by atoms with Crippen molar-refractivity contribution in [1.29, 1.82) is 0 Å². The Kier molecular flexibility index (Phi) is 8.02. The van der Waals surface area contributed by atoms with Gasteiger partial charge in [0, 0.05) is 55.0 Å². The van der Waals surface area contributed by atoms with Crippen LogP contribution in [0.25, 0.3) is 10.9 Å². The predicted octanol–water partition coefficient (Wildman–Crippen LogP) is 6.62. The number of hydrogen-bond donors (Lipinski definition) is 0. The molecule has 0 N–H and O–H groups in total. The van der Waals surface area contributed by atoms with Gasteiger partial charge in [0.15, 0.2) is 5.82 Å². The van der Waals surface area contributed by atoms with Crippen LogP contribution >= 0.6 is 0 Å². The third-order valence-corrected chi connectivity index (χ3v) is 8.84. The van der Waals surface area contributed by atoms with E-state index in [9.17, 15) is 4.79 Å². The number of amides is 1. The third kappa shape index (κ3) is 5.78. The van der Waals surface area contributed by atoms with Gasteiger partial charge in [-0.25, -0.2) is 9.97 Å². The molecule has 0 saturated carbocycles. The Hall–Kier alpha value is -4.46. The molecule has 0 fully saturated rings. The molecule has 4 aromatic rings. The minimum absolute atomic E-state index is 0.0314. The van der Waals surface area contributed by atoms with Gasteiger partial charge in [-0.1, -0.05) is 36.3 Å². The van der Waals surface area contributed by atoms with E-state index < -0.39 is 0 Å². The highest BCUT2D eigenvalue weighted by atomic mass is 16.5. The number of aromatic nitrogens is 4. The zero-order chi connectivity index (χ0) is 30.1. The van der Waals surface area contributed by atoms with Gasteiger partial charge in [0.05, 0.1) is 25.4 Å². The molecule has 0 saturated heterocycles. The summed E-state index contributed by atoms with van der Waals surface area (Å²) in [5.74, 6) is 2.33. The maximum Gasteiger partial charge on any atom is 0.258 e. The van der Waals surface area contributed by atoms with Crippen molar-refractivity contribution in [2.45, 2.75) is 59.0 Å². The molecule has 0 radical (unpaired) electrons. The molecule has 1 unspecified atom stereocenters. The predicted molar refractivity (Wildman–Crippen MR) is 170 cm³/mol. The second kappa shape index (κ2) is 12.0. The number of rotatable bonds is 7. The van der Waals surface area contributed by atoms with Crippen LogP contribution in [0.1, 0.15) is 66.8 Å². The second-order valence-electron chi connectivity index (χ2n) is 11.8. The van der Waals surface area contributed by atoms with Crippen LogP contribution in [0.5, 0.6) is 5.75 Å². The summed E-state index contributed by atoms with van der Waals surface area (Å²) in [4.78, 5) is 28.7. The van der Waals surface area contributed by atoms with Crippen LogP contribution in [0.4, 0.5) is 5.82 Å². The number of aryl methyl sites for hydroxylation is 1. The molecule has 8 heteroatoms. The SMILES string of the molecule is CCC1=C(C)C=C2C(CCC1)Cc1ccc(OC)cc1C(=O)N2Cc1nc(N(C)Cc2cnn(C)c2)c2ccccc2n1. The fraction of sp³-hybridized carbons (Fsp3) is 0.371. The summed E-state index contributed by atoms with van der Waals surface area (Å²) in [7, 11) is 5.61. The highest BCUT2D eigenvalue weighted by Crippen LogP contribution is 2.38. The van der Waals surface area contributed by atoms with E-state index in [4.69, 9.17) is 14.7 Å². The van der Waals surface area contributed by atoms with Crippen LogP contribution < -0.4 is 9.64 Å². The fourth-order valence-corrected chi connectivity index (χ4v) is 6.57. The van der Waals surface area contributed by atoms with E-state index in [0.717, 1.165) is 65.6 Å². The summed E-state index contributed by atoms with van der Waals surface area (Å²) in [6.45, 7) is 5.35. The van der Waals surface area contributed by atoms with E-state index in [1.165, 1.54) is 11.1 Å². The molecule has 8 nitrogen and oxygen atoms in total. The number of benzene rings is 2. The minimum atomic E-state index is -0.0314. The van der Waals surface area contributed by atoms with Gasteiger partial charge in [0.2, 0.25) is 0 Å². The van der Waals surface area contributed by atoms with Gasteiger partial charge in [0.25, 0.3) is 5.91 Å². The summed E-state index contributed by atoms with van der Waals surface area (Å²) in [5.41, 5.74) is 7.50. The number of nitrogens with zero attached hydrogens (tertiary/aromatic N) is 6. The highest BCUT2D eigenvalue weighted by molar-refractivity contribution is 5.98. The van der Waals surface area contributed by atoms with Crippen LogP contribution in [0.2, 0.25) is 0 Å². The highest BCUT2D eigenvalue weighted by Gasteiger charge is 2.34. The van der Waals surface area contributed by atoms with Crippen molar-refractivity contribution >= 4 is 22.6 Å².